The van der Waals surface area contributed by atoms with E-state index in [9.17, 15) is 9.18 Å². The SMILES string of the molecule is CC(C)CCNC(=O)c1cnc(-c2cccc(F)c2)nc1N. The minimum Gasteiger partial charge on any atom is -0.383 e. The Labute approximate surface area is 128 Å². The summed E-state index contributed by atoms with van der Waals surface area (Å²) in [5.41, 5.74) is 6.56. The maximum Gasteiger partial charge on any atom is 0.256 e. The van der Waals surface area contributed by atoms with Crippen LogP contribution in [0.5, 0.6) is 0 Å². The predicted molar refractivity (Wildman–Crippen MR) is 83.6 cm³/mol. The van der Waals surface area contributed by atoms with E-state index in [1.165, 1.54) is 18.3 Å². The molecule has 0 aliphatic carbocycles. The third-order valence-corrected chi connectivity index (χ3v) is 3.15. The minimum atomic E-state index is -0.379. The van der Waals surface area contributed by atoms with Crippen molar-refractivity contribution in [3.05, 3.63) is 41.8 Å². The van der Waals surface area contributed by atoms with Crippen LogP contribution >= 0.6 is 0 Å². The fourth-order valence-electron chi connectivity index (χ4n) is 1.91. The van der Waals surface area contributed by atoms with Gasteiger partial charge in [0.05, 0.1) is 5.56 Å². The zero-order chi connectivity index (χ0) is 16.1. The number of nitrogen functional groups attached to an aromatic ring is 1. The third kappa shape index (κ3) is 4.00. The molecule has 0 saturated carbocycles. The van der Waals surface area contributed by atoms with Gasteiger partial charge in [0.15, 0.2) is 5.82 Å². The Balaban J connectivity index is 2.14. The van der Waals surface area contributed by atoms with Gasteiger partial charge in [0.25, 0.3) is 5.91 Å². The maximum absolute atomic E-state index is 13.2. The first-order valence-electron chi connectivity index (χ1n) is 7.14. The first kappa shape index (κ1) is 15.9. The number of anilines is 1. The number of nitrogens with zero attached hydrogens (tertiary/aromatic N) is 2. The topological polar surface area (TPSA) is 80.9 Å². The molecule has 2 aromatic rings. The summed E-state index contributed by atoms with van der Waals surface area (Å²) in [6.45, 7) is 4.73. The summed E-state index contributed by atoms with van der Waals surface area (Å²) in [6.07, 6.45) is 2.25. The highest BCUT2D eigenvalue weighted by Gasteiger charge is 2.13. The summed E-state index contributed by atoms with van der Waals surface area (Å²) in [5, 5.41) is 2.78. The lowest BCUT2D eigenvalue weighted by atomic mass is 10.1. The monoisotopic (exact) mass is 302 g/mol. The van der Waals surface area contributed by atoms with Crippen LogP contribution in [-0.4, -0.2) is 22.4 Å². The molecule has 3 N–H and O–H groups in total. The summed E-state index contributed by atoms with van der Waals surface area (Å²) in [4.78, 5) is 20.2. The van der Waals surface area contributed by atoms with Gasteiger partial charge in [-0.05, 0) is 24.5 Å². The molecule has 0 unspecified atom stereocenters. The lowest BCUT2D eigenvalue weighted by Crippen LogP contribution is -2.26. The van der Waals surface area contributed by atoms with Crippen molar-refractivity contribution in [1.82, 2.24) is 15.3 Å². The molecule has 1 amide bonds. The highest BCUT2D eigenvalue weighted by atomic mass is 19.1. The van der Waals surface area contributed by atoms with Gasteiger partial charge in [-0.2, -0.15) is 0 Å². The molecule has 5 nitrogen and oxygen atoms in total. The van der Waals surface area contributed by atoms with Gasteiger partial charge < -0.3 is 11.1 Å². The van der Waals surface area contributed by atoms with Crippen LogP contribution in [0.3, 0.4) is 0 Å². The van der Waals surface area contributed by atoms with Gasteiger partial charge in [-0.25, -0.2) is 14.4 Å². The summed E-state index contributed by atoms with van der Waals surface area (Å²) < 4.78 is 13.2. The molecular formula is C16H19FN4O. The third-order valence-electron chi connectivity index (χ3n) is 3.15. The largest absolute Gasteiger partial charge is 0.383 e. The van der Waals surface area contributed by atoms with Crippen molar-refractivity contribution < 1.29 is 9.18 Å². The number of carbonyl (C=O) groups is 1. The number of amides is 1. The van der Waals surface area contributed by atoms with Crippen molar-refractivity contribution >= 4 is 11.7 Å². The zero-order valence-corrected chi connectivity index (χ0v) is 12.6. The zero-order valence-electron chi connectivity index (χ0n) is 12.6. The highest BCUT2D eigenvalue weighted by Crippen LogP contribution is 2.18. The molecule has 22 heavy (non-hydrogen) atoms. The van der Waals surface area contributed by atoms with Crippen LogP contribution in [0.15, 0.2) is 30.5 Å². The molecule has 1 aromatic heterocycles. The summed E-state index contributed by atoms with van der Waals surface area (Å²) in [7, 11) is 0. The molecule has 1 heterocycles. The van der Waals surface area contributed by atoms with Gasteiger partial charge in [0.2, 0.25) is 0 Å². The fraction of sp³-hybridized carbons (Fsp3) is 0.312. The second-order valence-corrected chi connectivity index (χ2v) is 5.44. The fourth-order valence-corrected chi connectivity index (χ4v) is 1.91. The van der Waals surface area contributed by atoms with E-state index >= 15 is 0 Å². The molecule has 2 rings (SSSR count). The average Bonchev–Trinajstić information content (AvgIpc) is 2.46. The second kappa shape index (κ2) is 6.98. The number of halogens is 1. The van der Waals surface area contributed by atoms with Crippen molar-refractivity contribution in [3.63, 3.8) is 0 Å². The molecular weight excluding hydrogens is 283 g/mol. The van der Waals surface area contributed by atoms with E-state index in [0.29, 0.717) is 18.0 Å². The second-order valence-electron chi connectivity index (χ2n) is 5.44. The number of nitrogens with one attached hydrogen (secondary N) is 1. The van der Waals surface area contributed by atoms with Crippen LogP contribution in [0, 0.1) is 11.7 Å². The van der Waals surface area contributed by atoms with Crippen molar-refractivity contribution in [2.75, 3.05) is 12.3 Å². The molecule has 0 bridgehead atoms. The molecule has 0 saturated heterocycles. The molecule has 0 aliphatic rings. The number of carbonyl (C=O) groups excluding carboxylic acids is 1. The Morgan fingerprint density at radius 3 is 2.82 bits per heavy atom. The molecule has 0 radical (unpaired) electrons. The van der Waals surface area contributed by atoms with E-state index in [1.807, 2.05) is 0 Å². The van der Waals surface area contributed by atoms with Crippen molar-refractivity contribution in [3.8, 4) is 11.4 Å². The molecule has 0 spiro atoms. The van der Waals surface area contributed by atoms with Gasteiger partial charge >= 0.3 is 0 Å². The normalized spacial score (nSPS) is 10.7. The first-order valence-corrected chi connectivity index (χ1v) is 7.14. The minimum absolute atomic E-state index is 0.0799. The molecule has 0 fully saturated rings. The van der Waals surface area contributed by atoms with Crippen LogP contribution < -0.4 is 11.1 Å². The Bertz CT molecular complexity index is 673. The number of rotatable bonds is 5. The lowest BCUT2D eigenvalue weighted by Gasteiger charge is -2.09. The number of nitrogens with two attached hydrogens (primary N) is 1. The summed E-state index contributed by atoms with van der Waals surface area (Å²) in [6, 6.07) is 5.90. The van der Waals surface area contributed by atoms with Gasteiger partial charge in [0, 0.05) is 18.3 Å². The van der Waals surface area contributed by atoms with Gasteiger partial charge in [0.1, 0.15) is 11.6 Å². The van der Waals surface area contributed by atoms with Crippen LogP contribution in [0.4, 0.5) is 10.2 Å². The number of hydrogen-bond donors (Lipinski definition) is 2. The molecule has 0 atom stereocenters. The quantitative estimate of drug-likeness (QED) is 0.889. The average molecular weight is 302 g/mol. The molecule has 116 valence electrons. The van der Waals surface area contributed by atoms with Gasteiger partial charge in [-0.15, -0.1) is 0 Å². The Morgan fingerprint density at radius 1 is 1.41 bits per heavy atom. The number of benzene rings is 1. The molecule has 0 aliphatic heterocycles. The number of hydrogen-bond acceptors (Lipinski definition) is 4. The van der Waals surface area contributed by atoms with E-state index in [-0.39, 0.29) is 28.9 Å². The lowest BCUT2D eigenvalue weighted by molar-refractivity contribution is 0.0952. The highest BCUT2D eigenvalue weighted by molar-refractivity contribution is 5.98. The van der Waals surface area contributed by atoms with E-state index < -0.39 is 0 Å². The van der Waals surface area contributed by atoms with E-state index in [2.05, 4.69) is 29.1 Å². The van der Waals surface area contributed by atoms with Gasteiger partial charge in [-0.1, -0.05) is 26.0 Å². The van der Waals surface area contributed by atoms with Crippen molar-refractivity contribution in [1.29, 1.82) is 0 Å². The Kier molecular flexibility index (Phi) is 5.04. The summed E-state index contributed by atoms with van der Waals surface area (Å²) in [5.74, 6) is 0.190. The van der Waals surface area contributed by atoms with E-state index in [1.54, 1.807) is 12.1 Å². The van der Waals surface area contributed by atoms with E-state index in [0.717, 1.165) is 6.42 Å². The first-order chi connectivity index (χ1) is 10.5. The van der Waals surface area contributed by atoms with E-state index in [4.69, 9.17) is 5.73 Å². The molecule has 6 heteroatoms. The summed E-state index contributed by atoms with van der Waals surface area (Å²) >= 11 is 0. The number of aromatic nitrogens is 2. The Morgan fingerprint density at radius 2 is 2.18 bits per heavy atom. The van der Waals surface area contributed by atoms with Crippen LogP contribution in [0.1, 0.15) is 30.6 Å². The van der Waals surface area contributed by atoms with Gasteiger partial charge in [-0.3, -0.25) is 4.79 Å². The van der Waals surface area contributed by atoms with Crippen molar-refractivity contribution in [2.24, 2.45) is 5.92 Å². The maximum atomic E-state index is 13.2. The van der Waals surface area contributed by atoms with Crippen LogP contribution in [-0.2, 0) is 0 Å². The predicted octanol–water partition coefficient (Wildman–Crippen LogP) is 2.64. The van der Waals surface area contributed by atoms with Crippen molar-refractivity contribution in [2.45, 2.75) is 20.3 Å². The molecule has 1 aromatic carbocycles. The standard InChI is InChI=1S/C16H19FN4O/c1-10(2)6-7-19-16(22)13-9-20-15(21-14(13)18)11-4-3-5-12(17)8-11/h3-5,8-10H,6-7H2,1-2H3,(H,19,22)(H2,18,20,21). The van der Waals surface area contributed by atoms with Crippen LogP contribution in [0.2, 0.25) is 0 Å². The van der Waals surface area contributed by atoms with Crippen LogP contribution in [0.25, 0.3) is 11.4 Å². The smallest absolute Gasteiger partial charge is 0.256 e. The Hall–Kier alpha value is -2.50.